The molecule has 0 amide bonds. The van der Waals surface area contributed by atoms with Gasteiger partial charge in [0.15, 0.2) is 6.10 Å². The third-order valence-electron chi connectivity index (χ3n) is 2.41. The highest BCUT2D eigenvalue weighted by Crippen LogP contribution is 2.23. The number of hydrogen-bond donors (Lipinski definition) is 1. The number of pyridine rings is 1. The van der Waals surface area contributed by atoms with E-state index in [1.165, 1.54) is 6.92 Å². The van der Waals surface area contributed by atoms with Crippen LogP contribution in [0.4, 0.5) is 0 Å². The Morgan fingerprint density at radius 1 is 1.20 bits per heavy atom. The first-order chi connectivity index (χ1) is 9.54. The molecule has 0 fully saturated rings. The van der Waals surface area contributed by atoms with E-state index in [0.717, 1.165) is 4.47 Å². The molecule has 1 atom stereocenters. The summed E-state index contributed by atoms with van der Waals surface area (Å²) in [6.07, 6.45) is 0.747. The summed E-state index contributed by atoms with van der Waals surface area (Å²) < 4.78 is 11.6. The van der Waals surface area contributed by atoms with E-state index >= 15 is 0 Å². The zero-order valence-corrected chi connectivity index (χ0v) is 12.2. The molecule has 2 aromatic rings. The largest absolute Gasteiger partial charge is 0.479 e. The second-order valence-corrected chi connectivity index (χ2v) is 4.90. The van der Waals surface area contributed by atoms with Gasteiger partial charge in [0.05, 0.1) is 0 Å². The number of carbonyl (C=O) groups is 1. The van der Waals surface area contributed by atoms with Crippen molar-refractivity contribution in [3.8, 4) is 17.4 Å². The fraction of sp³-hybridized carbons (Fsp3) is 0.143. The number of rotatable bonds is 5. The molecular formula is C14H12BrNO4. The number of hydrogen-bond acceptors (Lipinski definition) is 4. The number of carboxylic acid groups (broad SMARTS) is 1. The van der Waals surface area contributed by atoms with Crippen molar-refractivity contribution in [1.29, 1.82) is 0 Å². The quantitative estimate of drug-likeness (QED) is 0.904. The van der Waals surface area contributed by atoms with Crippen molar-refractivity contribution in [1.82, 2.24) is 4.98 Å². The maximum absolute atomic E-state index is 10.7. The second kappa shape index (κ2) is 6.38. The van der Waals surface area contributed by atoms with Crippen LogP contribution in [0.1, 0.15) is 6.92 Å². The van der Waals surface area contributed by atoms with E-state index in [-0.39, 0.29) is 0 Å². The van der Waals surface area contributed by atoms with Gasteiger partial charge in [0, 0.05) is 16.7 Å². The summed E-state index contributed by atoms with van der Waals surface area (Å²) in [6.45, 7) is 1.47. The highest BCUT2D eigenvalue weighted by atomic mass is 79.9. The lowest BCUT2D eigenvalue weighted by Gasteiger charge is -2.11. The summed E-state index contributed by atoms with van der Waals surface area (Å²) in [5.41, 5.74) is 0. The predicted molar refractivity (Wildman–Crippen MR) is 76.2 cm³/mol. The van der Waals surface area contributed by atoms with Gasteiger partial charge in [-0.2, -0.15) is 0 Å². The summed E-state index contributed by atoms with van der Waals surface area (Å²) in [5.74, 6) is 0.524. The lowest BCUT2D eigenvalue weighted by Crippen LogP contribution is -2.22. The minimum Gasteiger partial charge on any atom is -0.479 e. The summed E-state index contributed by atoms with van der Waals surface area (Å²) in [5, 5.41) is 8.75. The van der Waals surface area contributed by atoms with Gasteiger partial charge in [-0.05, 0) is 53.2 Å². The Morgan fingerprint density at radius 2 is 1.85 bits per heavy atom. The van der Waals surface area contributed by atoms with Crippen LogP contribution in [-0.2, 0) is 4.79 Å². The van der Waals surface area contributed by atoms with E-state index in [0.29, 0.717) is 17.4 Å². The van der Waals surface area contributed by atoms with Gasteiger partial charge in [0.1, 0.15) is 11.5 Å². The average molecular weight is 338 g/mol. The van der Waals surface area contributed by atoms with E-state index in [1.807, 2.05) is 6.07 Å². The minimum absolute atomic E-state index is 0.469. The van der Waals surface area contributed by atoms with Crippen LogP contribution in [-0.4, -0.2) is 22.2 Å². The van der Waals surface area contributed by atoms with Gasteiger partial charge >= 0.3 is 5.97 Å². The first kappa shape index (κ1) is 14.3. The van der Waals surface area contributed by atoms with Crippen LogP contribution in [0.15, 0.2) is 47.1 Å². The van der Waals surface area contributed by atoms with E-state index in [9.17, 15) is 4.79 Å². The van der Waals surface area contributed by atoms with Gasteiger partial charge in [-0.1, -0.05) is 0 Å². The molecule has 2 rings (SSSR count). The summed E-state index contributed by atoms with van der Waals surface area (Å²) >= 11 is 3.29. The van der Waals surface area contributed by atoms with Gasteiger partial charge in [-0.3, -0.25) is 0 Å². The molecule has 0 aliphatic rings. The van der Waals surface area contributed by atoms with Gasteiger partial charge in [-0.15, -0.1) is 0 Å². The summed E-state index contributed by atoms with van der Waals surface area (Å²) in [6, 6.07) is 10.2. The Labute approximate surface area is 124 Å². The average Bonchev–Trinajstić information content (AvgIpc) is 2.43. The zero-order chi connectivity index (χ0) is 14.5. The number of ether oxygens (including phenoxy) is 2. The first-order valence-electron chi connectivity index (χ1n) is 5.83. The van der Waals surface area contributed by atoms with Crippen LogP contribution in [0, 0.1) is 0 Å². The standard InChI is InChI=1S/C14H12BrNO4/c1-9(14(17)18)19-11-3-5-12(6-4-11)20-13-7-2-10(15)8-16-13/h2-9H,1H3,(H,17,18). The monoisotopic (exact) mass is 337 g/mol. The maximum Gasteiger partial charge on any atom is 0.344 e. The molecular weight excluding hydrogens is 326 g/mol. The van der Waals surface area contributed by atoms with Crippen LogP contribution >= 0.6 is 15.9 Å². The number of nitrogens with zero attached hydrogens (tertiary/aromatic N) is 1. The smallest absolute Gasteiger partial charge is 0.344 e. The minimum atomic E-state index is -1.01. The Balaban J connectivity index is 2.01. The molecule has 0 saturated heterocycles. The molecule has 0 aliphatic carbocycles. The second-order valence-electron chi connectivity index (χ2n) is 3.99. The molecule has 1 aromatic carbocycles. The third-order valence-corrected chi connectivity index (χ3v) is 2.88. The number of aromatic nitrogens is 1. The van der Waals surface area contributed by atoms with Crippen molar-refractivity contribution >= 4 is 21.9 Å². The highest BCUT2D eigenvalue weighted by Gasteiger charge is 2.12. The maximum atomic E-state index is 10.7. The topological polar surface area (TPSA) is 68.7 Å². The summed E-state index contributed by atoms with van der Waals surface area (Å²) in [7, 11) is 0. The van der Waals surface area contributed by atoms with Gasteiger partial charge < -0.3 is 14.6 Å². The number of halogens is 1. The SMILES string of the molecule is CC(Oc1ccc(Oc2ccc(Br)cn2)cc1)C(=O)O. The van der Waals surface area contributed by atoms with Crippen molar-refractivity contribution in [2.75, 3.05) is 0 Å². The fourth-order valence-electron chi connectivity index (χ4n) is 1.38. The molecule has 0 spiro atoms. The van der Waals surface area contributed by atoms with Crippen LogP contribution in [0.2, 0.25) is 0 Å². The molecule has 0 saturated carbocycles. The molecule has 1 aromatic heterocycles. The molecule has 6 heteroatoms. The van der Waals surface area contributed by atoms with E-state index in [2.05, 4.69) is 20.9 Å². The van der Waals surface area contributed by atoms with Gasteiger partial charge in [-0.25, -0.2) is 9.78 Å². The van der Waals surface area contributed by atoms with E-state index in [1.54, 1.807) is 36.5 Å². The van der Waals surface area contributed by atoms with Crippen LogP contribution in [0.3, 0.4) is 0 Å². The molecule has 1 unspecified atom stereocenters. The van der Waals surface area contributed by atoms with Crippen molar-refractivity contribution in [2.45, 2.75) is 13.0 Å². The van der Waals surface area contributed by atoms with E-state index in [4.69, 9.17) is 14.6 Å². The molecule has 5 nitrogen and oxygen atoms in total. The number of benzene rings is 1. The molecule has 1 heterocycles. The highest BCUT2D eigenvalue weighted by molar-refractivity contribution is 9.10. The first-order valence-corrected chi connectivity index (χ1v) is 6.63. The molecule has 0 aliphatic heterocycles. The van der Waals surface area contributed by atoms with Crippen molar-refractivity contribution in [3.63, 3.8) is 0 Å². The van der Waals surface area contributed by atoms with Gasteiger partial charge in [0.2, 0.25) is 5.88 Å². The molecule has 0 radical (unpaired) electrons. The van der Waals surface area contributed by atoms with Crippen molar-refractivity contribution in [3.05, 3.63) is 47.1 Å². The fourth-order valence-corrected chi connectivity index (χ4v) is 1.62. The lowest BCUT2D eigenvalue weighted by atomic mass is 10.3. The molecule has 1 N–H and O–H groups in total. The number of carboxylic acids is 1. The Morgan fingerprint density at radius 3 is 2.40 bits per heavy atom. The van der Waals surface area contributed by atoms with Crippen LogP contribution in [0.5, 0.6) is 17.4 Å². The zero-order valence-electron chi connectivity index (χ0n) is 10.6. The van der Waals surface area contributed by atoms with Gasteiger partial charge in [0.25, 0.3) is 0 Å². The van der Waals surface area contributed by atoms with E-state index < -0.39 is 12.1 Å². The lowest BCUT2D eigenvalue weighted by molar-refractivity contribution is -0.144. The van der Waals surface area contributed by atoms with Crippen LogP contribution in [0.25, 0.3) is 0 Å². The Bertz CT molecular complexity index is 583. The number of aliphatic carboxylic acids is 1. The van der Waals surface area contributed by atoms with Crippen molar-refractivity contribution < 1.29 is 19.4 Å². The van der Waals surface area contributed by atoms with Crippen molar-refractivity contribution in [2.24, 2.45) is 0 Å². The normalized spacial score (nSPS) is 11.7. The third kappa shape index (κ3) is 3.96. The molecule has 0 bridgehead atoms. The Kier molecular flexibility index (Phi) is 4.57. The Hall–Kier alpha value is -2.08. The predicted octanol–water partition coefficient (Wildman–Crippen LogP) is 3.49. The molecule has 104 valence electrons. The summed E-state index contributed by atoms with van der Waals surface area (Å²) in [4.78, 5) is 14.8. The molecule has 20 heavy (non-hydrogen) atoms. The van der Waals surface area contributed by atoms with Crippen LogP contribution < -0.4 is 9.47 Å².